The summed E-state index contributed by atoms with van der Waals surface area (Å²) < 4.78 is 7.45. The van der Waals surface area contributed by atoms with Crippen molar-refractivity contribution in [2.45, 2.75) is 31.0 Å². The average Bonchev–Trinajstić information content (AvgIpc) is 3.37. The van der Waals surface area contributed by atoms with Gasteiger partial charge in [-0.25, -0.2) is 19.7 Å². The van der Waals surface area contributed by atoms with Gasteiger partial charge in [0.25, 0.3) is 0 Å². The number of hydrogen-bond acceptors (Lipinski definition) is 9. The van der Waals surface area contributed by atoms with E-state index in [0.29, 0.717) is 35.8 Å². The van der Waals surface area contributed by atoms with Gasteiger partial charge < -0.3 is 31.3 Å². The van der Waals surface area contributed by atoms with Gasteiger partial charge >= 0.3 is 6.03 Å². The van der Waals surface area contributed by atoms with Gasteiger partial charge in [0.15, 0.2) is 17.7 Å². The number of rotatable bonds is 9. The number of nitrogens with one attached hydrogen (secondary N) is 2. The lowest BCUT2D eigenvalue weighted by molar-refractivity contribution is -0.0289. The minimum absolute atomic E-state index is 0.215. The maximum atomic E-state index is 11.9. The zero-order chi connectivity index (χ0) is 23.2. The molecule has 0 radical (unpaired) electrons. The number of amides is 2. The van der Waals surface area contributed by atoms with Crippen LogP contribution >= 0.6 is 11.8 Å². The highest BCUT2D eigenvalue weighted by atomic mass is 32.2. The number of imidazole rings is 1. The van der Waals surface area contributed by atoms with E-state index in [1.54, 1.807) is 4.57 Å². The Balaban J connectivity index is 1.18. The van der Waals surface area contributed by atoms with E-state index in [-0.39, 0.29) is 11.8 Å². The van der Waals surface area contributed by atoms with E-state index < -0.39 is 24.5 Å². The highest BCUT2D eigenvalue weighted by Crippen LogP contribution is 2.33. The molecule has 0 spiro atoms. The number of carbonyl (C=O) groups excluding carboxylic acids is 1. The SMILES string of the molecule is Nc1ncnc2c1ncn2[C@@H]1O[C@H](CSCCNC(=O)NCCc2ccccc2)[C@@H](O)[C@H]1O. The first-order valence-electron chi connectivity index (χ1n) is 10.6. The fourth-order valence-electron chi connectivity index (χ4n) is 3.62. The Labute approximate surface area is 194 Å². The topological polar surface area (TPSA) is 160 Å². The number of benzene rings is 1. The molecule has 1 aromatic carbocycles. The Bertz CT molecular complexity index is 1070. The zero-order valence-electron chi connectivity index (χ0n) is 17.9. The van der Waals surface area contributed by atoms with E-state index in [9.17, 15) is 15.0 Å². The molecule has 3 aromatic rings. The molecule has 0 bridgehead atoms. The predicted molar refractivity (Wildman–Crippen MR) is 125 cm³/mol. The van der Waals surface area contributed by atoms with E-state index in [1.165, 1.54) is 30.0 Å². The van der Waals surface area contributed by atoms with Crippen molar-refractivity contribution >= 4 is 34.8 Å². The maximum Gasteiger partial charge on any atom is 0.314 e. The standard InChI is InChI=1S/C21H27N7O4S/c22-18-15-19(26-11-25-18)28(12-27-15)20-17(30)16(29)14(32-20)10-33-9-8-24-21(31)23-7-6-13-4-2-1-3-5-13/h1-5,11-12,14,16-17,20,29-30H,6-10H2,(H2,22,25,26)(H2,23,24,31)/t14-,16-,17-,20-/m1/s1. The van der Waals surface area contributed by atoms with Crippen LogP contribution in [0.1, 0.15) is 11.8 Å². The molecule has 2 amide bonds. The summed E-state index contributed by atoms with van der Waals surface area (Å²) in [6.45, 7) is 1.03. The third-order valence-corrected chi connectivity index (χ3v) is 6.41. The molecule has 11 nitrogen and oxygen atoms in total. The molecule has 2 aromatic heterocycles. The van der Waals surface area contributed by atoms with Crippen LogP contribution in [0.5, 0.6) is 0 Å². The first-order chi connectivity index (χ1) is 16.0. The Kier molecular flexibility index (Phi) is 7.60. The van der Waals surface area contributed by atoms with Crippen molar-refractivity contribution < 1.29 is 19.7 Å². The quantitative estimate of drug-likeness (QED) is 0.275. The van der Waals surface area contributed by atoms with Crippen molar-refractivity contribution in [1.82, 2.24) is 30.2 Å². The van der Waals surface area contributed by atoms with Crippen LogP contribution in [0.3, 0.4) is 0 Å². The molecule has 1 fully saturated rings. The molecule has 12 heteroatoms. The molecular weight excluding hydrogens is 446 g/mol. The number of anilines is 1. The van der Waals surface area contributed by atoms with E-state index in [1.807, 2.05) is 30.3 Å². The van der Waals surface area contributed by atoms with Crippen LogP contribution in [0.25, 0.3) is 11.2 Å². The average molecular weight is 474 g/mol. The molecule has 1 aliphatic heterocycles. The van der Waals surface area contributed by atoms with Crippen LogP contribution in [-0.2, 0) is 11.2 Å². The summed E-state index contributed by atoms with van der Waals surface area (Å²) in [4.78, 5) is 24.1. The van der Waals surface area contributed by atoms with Crippen molar-refractivity contribution in [3.8, 4) is 0 Å². The third-order valence-electron chi connectivity index (χ3n) is 5.35. The number of hydrogen-bond donors (Lipinski definition) is 5. The van der Waals surface area contributed by atoms with Crippen LogP contribution < -0.4 is 16.4 Å². The molecule has 3 heterocycles. The Morgan fingerprint density at radius 3 is 2.73 bits per heavy atom. The van der Waals surface area contributed by atoms with Gasteiger partial charge in [-0.1, -0.05) is 30.3 Å². The predicted octanol–water partition coefficient (Wildman–Crippen LogP) is 0.303. The minimum atomic E-state index is -1.14. The van der Waals surface area contributed by atoms with Crippen molar-refractivity contribution in [3.05, 3.63) is 48.5 Å². The summed E-state index contributed by atoms with van der Waals surface area (Å²) in [5.74, 6) is 1.32. The number of nitrogens with zero attached hydrogens (tertiary/aromatic N) is 4. The molecular formula is C21H27N7O4S. The van der Waals surface area contributed by atoms with Crippen LogP contribution in [0.4, 0.5) is 10.6 Å². The smallest absolute Gasteiger partial charge is 0.314 e. The van der Waals surface area contributed by atoms with Crippen molar-refractivity contribution in [2.24, 2.45) is 0 Å². The number of aliphatic hydroxyl groups is 2. The number of aromatic nitrogens is 4. The highest BCUT2D eigenvalue weighted by Gasteiger charge is 2.44. The van der Waals surface area contributed by atoms with Gasteiger partial charge in [0.2, 0.25) is 0 Å². The van der Waals surface area contributed by atoms with Crippen LogP contribution in [0, 0.1) is 0 Å². The number of nitrogens with two attached hydrogens (primary N) is 1. The van der Waals surface area contributed by atoms with Crippen molar-refractivity contribution in [1.29, 1.82) is 0 Å². The fraction of sp³-hybridized carbons (Fsp3) is 0.429. The van der Waals surface area contributed by atoms with Gasteiger partial charge in [-0.15, -0.1) is 0 Å². The van der Waals surface area contributed by atoms with E-state index >= 15 is 0 Å². The van der Waals surface area contributed by atoms with Gasteiger partial charge in [0, 0.05) is 24.6 Å². The highest BCUT2D eigenvalue weighted by molar-refractivity contribution is 7.99. The normalized spacial score (nSPS) is 22.5. The van der Waals surface area contributed by atoms with E-state index in [0.717, 1.165) is 6.42 Å². The van der Waals surface area contributed by atoms with Crippen molar-refractivity contribution in [3.63, 3.8) is 0 Å². The number of thioether (sulfide) groups is 1. The molecule has 1 saturated heterocycles. The fourth-order valence-corrected chi connectivity index (χ4v) is 4.54. The zero-order valence-corrected chi connectivity index (χ0v) is 18.7. The summed E-state index contributed by atoms with van der Waals surface area (Å²) in [6, 6.07) is 9.74. The number of nitrogen functional groups attached to an aromatic ring is 1. The van der Waals surface area contributed by atoms with E-state index in [2.05, 4.69) is 25.6 Å². The summed E-state index contributed by atoms with van der Waals surface area (Å²) >= 11 is 1.52. The number of ether oxygens (including phenoxy) is 1. The van der Waals surface area contributed by atoms with Gasteiger partial charge in [-0.3, -0.25) is 4.57 Å². The number of urea groups is 1. The lowest BCUT2D eigenvalue weighted by Crippen LogP contribution is -2.38. The number of carbonyl (C=O) groups is 1. The Morgan fingerprint density at radius 1 is 1.12 bits per heavy atom. The second-order valence-electron chi connectivity index (χ2n) is 7.62. The summed E-state index contributed by atoms with van der Waals surface area (Å²) in [5.41, 5.74) is 7.82. The molecule has 4 rings (SSSR count). The maximum absolute atomic E-state index is 11.9. The van der Waals surface area contributed by atoms with Crippen molar-refractivity contribution in [2.75, 3.05) is 30.3 Å². The monoisotopic (exact) mass is 473 g/mol. The van der Waals surface area contributed by atoms with Crippen LogP contribution in [0.2, 0.25) is 0 Å². The van der Waals surface area contributed by atoms with Crippen LogP contribution in [0.15, 0.2) is 43.0 Å². The molecule has 4 atom stereocenters. The van der Waals surface area contributed by atoms with Crippen LogP contribution in [-0.4, -0.2) is 78.7 Å². The number of fused-ring (bicyclic) bond motifs is 1. The van der Waals surface area contributed by atoms with E-state index in [4.69, 9.17) is 10.5 Å². The second-order valence-corrected chi connectivity index (χ2v) is 8.77. The summed E-state index contributed by atoms with van der Waals surface area (Å²) in [6.07, 6.45) is -0.0672. The Morgan fingerprint density at radius 2 is 1.91 bits per heavy atom. The summed E-state index contributed by atoms with van der Waals surface area (Å²) in [5, 5.41) is 26.6. The molecule has 0 saturated carbocycles. The molecule has 0 aliphatic carbocycles. The molecule has 33 heavy (non-hydrogen) atoms. The lowest BCUT2D eigenvalue weighted by atomic mass is 10.1. The molecule has 176 valence electrons. The van der Waals surface area contributed by atoms with Gasteiger partial charge in [-0.05, 0) is 12.0 Å². The molecule has 6 N–H and O–H groups in total. The molecule has 0 unspecified atom stereocenters. The second kappa shape index (κ2) is 10.8. The van der Waals surface area contributed by atoms with Gasteiger partial charge in [-0.2, -0.15) is 11.8 Å². The summed E-state index contributed by atoms with van der Waals surface area (Å²) in [7, 11) is 0. The third kappa shape index (κ3) is 5.53. The Hall–Kier alpha value is -2.93. The largest absolute Gasteiger partial charge is 0.387 e. The first kappa shape index (κ1) is 23.2. The number of aliphatic hydroxyl groups excluding tert-OH is 2. The van der Waals surface area contributed by atoms with Gasteiger partial charge in [0.05, 0.1) is 12.4 Å². The molecule has 1 aliphatic rings. The minimum Gasteiger partial charge on any atom is -0.387 e. The van der Waals surface area contributed by atoms with Gasteiger partial charge in [0.1, 0.15) is 24.1 Å². The lowest BCUT2D eigenvalue weighted by Gasteiger charge is -2.16. The first-order valence-corrected chi connectivity index (χ1v) is 11.8.